The third kappa shape index (κ3) is 6.97. The Morgan fingerprint density at radius 3 is 1.85 bits per heavy atom. The molecular weight excluding hydrogens is 725 g/mol. The van der Waals surface area contributed by atoms with Crippen LogP contribution in [0, 0.1) is 24.3 Å². The van der Waals surface area contributed by atoms with Crippen LogP contribution in [0.1, 0.15) is 92.5 Å². The number of rotatable bonds is 3. The molecule has 0 spiro atoms. The molecule has 6 rings (SSSR count). The van der Waals surface area contributed by atoms with Crippen LogP contribution in [0.5, 0.6) is 0 Å². The summed E-state index contributed by atoms with van der Waals surface area (Å²) in [5.41, 5.74) is 12.3. The topological polar surface area (TPSA) is 0 Å². The molecule has 46 heavy (non-hydrogen) atoms. The summed E-state index contributed by atoms with van der Waals surface area (Å²) in [6, 6.07) is 21.3. The first-order valence-electron chi connectivity index (χ1n) is 15.1. The van der Waals surface area contributed by atoms with Gasteiger partial charge < -0.3 is 24.8 Å². The average Bonchev–Trinajstić information content (AvgIpc) is 3.55. The SMILES string of the molecule is Cc1cc2c(cc1C(C)(C)C)=c1c(c(C3=CC=CC3)c(C)c(C(C)(C)C)c1=C(c1cccc(Cl)c1)c1cccc(Cl)c1)[C-]=2.[Cl-].[Cl-].[Zr+3]. The maximum absolute atomic E-state index is 6.69. The van der Waals surface area contributed by atoms with Crippen LogP contribution in [0.2, 0.25) is 10.0 Å². The minimum Gasteiger partial charge on any atom is -1.00 e. The van der Waals surface area contributed by atoms with Crippen molar-refractivity contribution in [3.8, 4) is 0 Å². The third-order valence-corrected chi connectivity index (χ3v) is 9.24. The summed E-state index contributed by atoms with van der Waals surface area (Å²) in [5.74, 6) is 0. The van der Waals surface area contributed by atoms with Crippen LogP contribution in [0.3, 0.4) is 0 Å². The van der Waals surface area contributed by atoms with Gasteiger partial charge in [-0.15, -0.1) is 33.4 Å². The van der Waals surface area contributed by atoms with Crippen molar-refractivity contribution >= 4 is 40.4 Å². The number of fused-ring (bicyclic) bond motifs is 2. The van der Waals surface area contributed by atoms with Crippen molar-refractivity contribution in [2.75, 3.05) is 0 Å². The van der Waals surface area contributed by atoms with Gasteiger partial charge in [0.25, 0.3) is 0 Å². The Balaban J connectivity index is 0.00000192. The summed E-state index contributed by atoms with van der Waals surface area (Å²) in [4.78, 5) is 0. The van der Waals surface area contributed by atoms with Gasteiger partial charge in [-0.3, -0.25) is 0 Å². The summed E-state index contributed by atoms with van der Waals surface area (Å²) in [6.07, 6.45) is 11.6. The van der Waals surface area contributed by atoms with Crippen LogP contribution in [0.25, 0.3) is 17.2 Å². The molecular formula is C41H39Cl4Zr. The Bertz CT molecular complexity index is 2060. The van der Waals surface area contributed by atoms with E-state index in [4.69, 9.17) is 23.2 Å². The molecule has 0 atom stereocenters. The monoisotopic (exact) mass is 761 g/mol. The number of aryl methyl sites for hydroxylation is 1. The first-order valence-corrected chi connectivity index (χ1v) is 15.9. The Morgan fingerprint density at radius 1 is 0.783 bits per heavy atom. The molecule has 0 saturated carbocycles. The molecule has 2 aliphatic rings. The molecule has 1 radical (unpaired) electrons. The number of allylic oxidation sites excluding steroid dienone is 4. The quantitative estimate of drug-likeness (QED) is 0.243. The van der Waals surface area contributed by atoms with Crippen LogP contribution >= 0.6 is 23.2 Å². The summed E-state index contributed by atoms with van der Waals surface area (Å²) in [5, 5.41) is 6.34. The van der Waals surface area contributed by atoms with Crippen molar-refractivity contribution in [1.82, 2.24) is 0 Å². The van der Waals surface area contributed by atoms with E-state index in [-0.39, 0.29) is 61.8 Å². The van der Waals surface area contributed by atoms with Gasteiger partial charge in [-0.1, -0.05) is 141 Å². The van der Waals surface area contributed by atoms with Gasteiger partial charge in [-0.2, -0.15) is 0 Å². The van der Waals surface area contributed by atoms with Crippen molar-refractivity contribution < 1.29 is 51.0 Å². The smallest absolute Gasteiger partial charge is 1.00 e. The van der Waals surface area contributed by atoms with E-state index in [1.165, 1.54) is 54.6 Å². The Hall–Kier alpha value is -1.86. The Morgan fingerprint density at radius 2 is 1.37 bits per heavy atom. The van der Waals surface area contributed by atoms with Gasteiger partial charge in [0.15, 0.2) is 0 Å². The van der Waals surface area contributed by atoms with E-state index in [0.29, 0.717) is 10.0 Å². The molecule has 2 aliphatic carbocycles. The molecule has 0 unspecified atom stereocenters. The van der Waals surface area contributed by atoms with E-state index in [2.05, 4.69) is 116 Å². The fourth-order valence-electron chi connectivity index (χ4n) is 7.20. The minimum absolute atomic E-state index is 0. The molecule has 0 saturated heterocycles. The molecule has 4 aromatic carbocycles. The van der Waals surface area contributed by atoms with Crippen LogP contribution in [-0.4, -0.2) is 0 Å². The second kappa shape index (κ2) is 14.3. The van der Waals surface area contributed by atoms with Gasteiger partial charge in [0.05, 0.1) is 0 Å². The number of hydrogen-bond donors (Lipinski definition) is 0. The van der Waals surface area contributed by atoms with Crippen LogP contribution in [-0.2, 0) is 37.0 Å². The van der Waals surface area contributed by atoms with Gasteiger partial charge in [0.1, 0.15) is 0 Å². The fraction of sp³-hybridized carbons (Fsp3) is 0.268. The van der Waals surface area contributed by atoms with Gasteiger partial charge in [0.2, 0.25) is 0 Å². The molecule has 0 aromatic heterocycles. The van der Waals surface area contributed by atoms with Crippen molar-refractivity contribution in [1.29, 1.82) is 0 Å². The second-order valence-electron chi connectivity index (χ2n) is 14.1. The third-order valence-electron chi connectivity index (χ3n) is 8.77. The predicted molar refractivity (Wildman–Crippen MR) is 185 cm³/mol. The van der Waals surface area contributed by atoms with Gasteiger partial charge >= 0.3 is 26.2 Å². The van der Waals surface area contributed by atoms with E-state index < -0.39 is 0 Å². The molecule has 4 aromatic rings. The maximum atomic E-state index is 6.69. The van der Waals surface area contributed by atoms with Gasteiger partial charge in [0, 0.05) is 10.0 Å². The van der Waals surface area contributed by atoms with Crippen molar-refractivity contribution in [2.24, 2.45) is 0 Å². The van der Waals surface area contributed by atoms with Crippen LogP contribution in [0.4, 0.5) is 0 Å². The number of halogens is 4. The first-order chi connectivity index (χ1) is 20.3. The Labute approximate surface area is 316 Å². The number of hydrogen-bond acceptors (Lipinski definition) is 0. The van der Waals surface area contributed by atoms with Gasteiger partial charge in [-0.25, -0.2) is 0 Å². The van der Waals surface area contributed by atoms with E-state index in [9.17, 15) is 0 Å². The minimum atomic E-state index is -0.154. The summed E-state index contributed by atoms with van der Waals surface area (Å²) in [7, 11) is 0. The van der Waals surface area contributed by atoms with E-state index in [1.54, 1.807) is 0 Å². The molecule has 0 aliphatic heterocycles. The largest absolute Gasteiger partial charge is 3.00 e. The molecule has 0 amide bonds. The first kappa shape index (κ1) is 38.6. The molecule has 235 valence electrons. The van der Waals surface area contributed by atoms with Crippen LogP contribution in [0.15, 0.2) is 78.9 Å². The zero-order valence-corrected chi connectivity index (χ0v) is 33.2. The zero-order valence-electron chi connectivity index (χ0n) is 27.7. The summed E-state index contributed by atoms with van der Waals surface area (Å²) >= 11 is 13.4. The maximum Gasteiger partial charge on any atom is 3.00 e. The fourth-order valence-corrected chi connectivity index (χ4v) is 7.58. The molecule has 0 bridgehead atoms. The standard InChI is InChI=1S/C41H39Cl2.2ClH.Zr/c1-24-19-29-22-33-35(26-13-9-10-14-26)25(2)39(41(6,7)8)38(37(33)32(29)23-34(24)40(3,4)5)36(27-15-11-17-30(42)20-27)28-16-12-18-31(43)21-28;;;/h9-13,15-21,23H,14H2,1-8H3;2*1H;/q-1;;;+3/p-2. The molecule has 5 heteroatoms. The molecule has 0 heterocycles. The average molecular weight is 765 g/mol. The molecule has 0 N–H and O–H groups in total. The second-order valence-corrected chi connectivity index (χ2v) is 14.9. The summed E-state index contributed by atoms with van der Waals surface area (Å²) < 4.78 is 0. The normalized spacial score (nSPS) is 13.0. The summed E-state index contributed by atoms with van der Waals surface area (Å²) in [6.45, 7) is 18.5. The van der Waals surface area contributed by atoms with E-state index in [0.717, 1.165) is 28.3 Å². The predicted octanol–water partition coefficient (Wildman–Crippen LogP) is 4.11. The molecule has 0 nitrogen and oxygen atoms in total. The zero-order chi connectivity index (χ0) is 30.8. The van der Waals surface area contributed by atoms with Crippen molar-refractivity contribution in [3.05, 3.63) is 154 Å². The van der Waals surface area contributed by atoms with Gasteiger partial charge in [-0.05, 0) is 82.8 Å². The van der Waals surface area contributed by atoms with E-state index >= 15 is 0 Å². The van der Waals surface area contributed by atoms with Crippen molar-refractivity contribution in [3.63, 3.8) is 0 Å². The van der Waals surface area contributed by atoms with Crippen molar-refractivity contribution in [2.45, 2.75) is 72.6 Å². The molecule has 0 fully saturated rings. The Kier molecular flexibility index (Phi) is 12.0. The number of benzene rings is 4. The van der Waals surface area contributed by atoms with Crippen LogP contribution < -0.4 is 35.3 Å². The van der Waals surface area contributed by atoms with E-state index in [1.807, 2.05) is 24.3 Å².